The summed E-state index contributed by atoms with van der Waals surface area (Å²) in [4.78, 5) is 11.4. The normalized spacial score (nSPS) is 18.0. The topological polar surface area (TPSA) is 73.9 Å². The number of Topliss-reactive ketones (excluding diaryl/α,β-unsaturated/α-hetero) is 1. The Morgan fingerprint density at radius 1 is 1.50 bits per heavy atom. The van der Waals surface area contributed by atoms with Crippen molar-refractivity contribution in [3.05, 3.63) is 0 Å². The van der Waals surface area contributed by atoms with Crippen molar-refractivity contribution in [3.63, 3.8) is 0 Å². The molecule has 4 nitrogen and oxygen atoms in total. The van der Waals surface area contributed by atoms with Crippen LogP contribution in [0.15, 0.2) is 0 Å². The highest BCUT2D eigenvalue weighted by Crippen LogP contribution is 2.38. The number of hydrogen-bond donors (Lipinski definition) is 0. The molecule has 14 heavy (non-hydrogen) atoms. The molecule has 0 saturated heterocycles. The van der Waals surface area contributed by atoms with Crippen molar-refractivity contribution in [1.82, 2.24) is 0 Å². The summed E-state index contributed by atoms with van der Waals surface area (Å²) >= 11 is 0. The predicted octanol–water partition coefficient (Wildman–Crippen LogP) is 1.18. The van der Waals surface area contributed by atoms with Crippen molar-refractivity contribution in [3.8, 4) is 12.1 Å². The molecule has 0 radical (unpaired) electrons. The van der Waals surface area contributed by atoms with E-state index in [2.05, 4.69) is 0 Å². The Morgan fingerprint density at radius 2 is 2.07 bits per heavy atom. The van der Waals surface area contributed by atoms with Gasteiger partial charge < -0.3 is 4.74 Å². The van der Waals surface area contributed by atoms with Gasteiger partial charge in [-0.1, -0.05) is 0 Å². The molecule has 4 heteroatoms. The first-order valence-electron chi connectivity index (χ1n) is 4.54. The van der Waals surface area contributed by atoms with Crippen LogP contribution in [0.3, 0.4) is 0 Å². The number of methoxy groups -OCH3 is 1. The van der Waals surface area contributed by atoms with E-state index < -0.39 is 5.92 Å². The fourth-order valence-corrected chi connectivity index (χ4v) is 1.62. The zero-order valence-electron chi connectivity index (χ0n) is 8.12. The van der Waals surface area contributed by atoms with Gasteiger partial charge in [0.05, 0.1) is 17.7 Å². The Bertz CT molecular complexity index is 288. The van der Waals surface area contributed by atoms with Gasteiger partial charge in [-0.25, -0.2) is 0 Å². The molecule has 0 aromatic heterocycles. The number of carbonyl (C=O) groups excluding carboxylic acids is 1. The SMILES string of the molecule is COC1(CC(=O)C(C#N)C#N)CCC1. The Kier molecular flexibility index (Phi) is 3.22. The van der Waals surface area contributed by atoms with E-state index in [9.17, 15) is 4.79 Å². The maximum Gasteiger partial charge on any atom is 0.191 e. The van der Waals surface area contributed by atoms with Crippen molar-refractivity contribution < 1.29 is 9.53 Å². The second-order valence-corrected chi connectivity index (χ2v) is 3.57. The Hall–Kier alpha value is -1.39. The third-order valence-corrected chi connectivity index (χ3v) is 2.77. The molecular formula is C10H12N2O2. The smallest absolute Gasteiger partial charge is 0.191 e. The van der Waals surface area contributed by atoms with Gasteiger partial charge in [-0.15, -0.1) is 0 Å². The van der Waals surface area contributed by atoms with Gasteiger partial charge in [0.1, 0.15) is 0 Å². The lowest BCUT2D eigenvalue weighted by molar-refractivity contribution is -0.133. The van der Waals surface area contributed by atoms with Crippen molar-refractivity contribution >= 4 is 5.78 Å². The molecule has 0 unspecified atom stereocenters. The second-order valence-electron chi connectivity index (χ2n) is 3.57. The minimum atomic E-state index is -1.14. The van der Waals surface area contributed by atoms with Crippen molar-refractivity contribution in [2.24, 2.45) is 5.92 Å². The van der Waals surface area contributed by atoms with Crippen LogP contribution in [0.25, 0.3) is 0 Å². The van der Waals surface area contributed by atoms with E-state index in [4.69, 9.17) is 15.3 Å². The highest BCUT2D eigenvalue weighted by atomic mass is 16.5. The summed E-state index contributed by atoms with van der Waals surface area (Å²) in [6.45, 7) is 0. The minimum absolute atomic E-state index is 0.190. The summed E-state index contributed by atoms with van der Waals surface area (Å²) in [6, 6.07) is 3.36. The van der Waals surface area contributed by atoms with Crippen LogP contribution in [0.5, 0.6) is 0 Å². The summed E-state index contributed by atoms with van der Waals surface area (Å²) in [5.74, 6) is -1.46. The molecule has 0 amide bonds. The molecule has 0 aromatic rings. The van der Waals surface area contributed by atoms with Crippen molar-refractivity contribution in [1.29, 1.82) is 10.5 Å². The number of rotatable bonds is 4. The third kappa shape index (κ3) is 1.92. The predicted molar refractivity (Wildman–Crippen MR) is 47.9 cm³/mol. The lowest BCUT2D eigenvalue weighted by Crippen LogP contribution is -2.42. The Labute approximate surface area is 83.1 Å². The number of ketones is 1. The fourth-order valence-electron chi connectivity index (χ4n) is 1.62. The average Bonchev–Trinajstić information content (AvgIpc) is 2.13. The molecule has 0 aromatic carbocycles. The van der Waals surface area contributed by atoms with Gasteiger partial charge in [0, 0.05) is 13.5 Å². The number of nitrogens with zero attached hydrogens (tertiary/aromatic N) is 2. The Balaban J connectivity index is 2.57. The summed E-state index contributed by atoms with van der Waals surface area (Å²) in [7, 11) is 1.57. The van der Waals surface area contributed by atoms with E-state index in [0.29, 0.717) is 0 Å². The average molecular weight is 192 g/mol. The maximum atomic E-state index is 11.4. The van der Waals surface area contributed by atoms with Gasteiger partial charge in [0.15, 0.2) is 11.7 Å². The monoisotopic (exact) mass is 192 g/mol. The summed E-state index contributed by atoms with van der Waals surface area (Å²) in [5, 5.41) is 17.0. The van der Waals surface area contributed by atoms with E-state index >= 15 is 0 Å². The van der Waals surface area contributed by atoms with Gasteiger partial charge >= 0.3 is 0 Å². The molecule has 0 aliphatic heterocycles. The van der Waals surface area contributed by atoms with Gasteiger partial charge in [-0.3, -0.25) is 4.79 Å². The van der Waals surface area contributed by atoms with Crippen molar-refractivity contribution in [2.45, 2.75) is 31.3 Å². The molecule has 1 aliphatic carbocycles. The van der Waals surface area contributed by atoms with Crippen LogP contribution in [0.1, 0.15) is 25.7 Å². The van der Waals surface area contributed by atoms with Gasteiger partial charge in [0.2, 0.25) is 0 Å². The lowest BCUT2D eigenvalue weighted by atomic mass is 9.75. The maximum absolute atomic E-state index is 11.4. The first-order valence-corrected chi connectivity index (χ1v) is 4.54. The van der Waals surface area contributed by atoms with E-state index in [1.807, 2.05) is 0 Å². The molecule has 0 atom stereocenters. The quantitative estimate of drug-likeness (QED) is 0.670. The van der Waals surface area contributed by atoms with Crippen LogP contribution >= 0.6 is 0 Å². The molecule has 74 valence electrons. The number of ether oxygens (including phenoxy) is 1. The molecule has 1 fully saturated rings. The summed E-state index contributed by atoms with van der Waals surface area (Å²) in [5.41, 5.74) is -0.386. The summed E-state index contributed by atoms with van der Waals surface area (Å²) in [6.07, 6.45) is 2.93. The first kappa shape index (κ1) is 10.7. The highest BCUT2D eigenvalue weighted by Gasteiger charge is 2.40. The van der Waals surface area contributed by atoms with Gasteiger partial charge in [-0.05, 0) is 19.3 Å². The van der Waals surface area contributed by atoms with Gasteiger partial charge in [-0.2, -0.15) is 10.5 Å². The van der Waals surface area contributed by atoms with Crippen molar-refractivity contribution in [2.75, 3.05) is 7.11 Å². The van der Waals surface area contributed by atoms with Crippen LogP contribution in [0.2, 0.25) is 0 Å². The van der Waals surface area contributed by atoms with Crippen LogP contribution in [0, 0.1) is 28.6 Å². The minimum Gasteiger partial charge on any atom is -0.378 e. The fraction of sp³-hybridized carbons (Fsp3) is 0.700. The molecule has 0 heterocycles. The molecular weight excluding hydrogens is 180 g/mol. The van der Waals surface area contributed by atoms with E-state index in [1.54, 1.807) is 19.2 Å². The third-order valence-electron chi connectivity index (χ3n) is 2.77. The zero-order valence-corrected chi connectivity index (χ0v) is 8.12. The standard InChI is InChI=1S/C10H12N2O2/c1-14-10(3-2-4-10)5-9(13)8(6-11)7-12/h8H,2-5H2,1H3. The van der Waals surface area contributed by atoms with Crippen LogP contribution in [-0.2, 0) is 9.53 Å². The van der Waals surface area contributed by atoms with Crippen LogP contribution in [0.4, 0.5) is 0 Å². The summed E-state index contributed by atoms with van der Waals surface area (Å²) < 4.78 is 5.24. The van der Waals surface area contributed by atoms with Gasteiger partial charge in [0.25, 0.3) is 0 Å². The van der Waals surface area contributed by atoms with Crippen LogP contribution in [-0.4, -0.2) is 18.5 Å². The molecule has 0 spiro atoms. The highest BCUT2D eigenvalue weighted by molar-refractivity contribution is 5.86. The lowest BCUT2D eigenvalue weighted by Gasteiger charge is -2.40. The van der Waals surface area contributed by atoms with E-state index in [-0.39, 0.29) is 17.8 Å². The van der Waals surface area contributed by atoms with E-state index in [1.165, 1.54) is 0 Å². The number of nitriles is 2. The second kappa shape index (κ2) is 4.21. The molecule has 0 N–H and O–H groups in total. The van der Waals surface area contributed by atoms with Crippen LogP contribution < -0.4 is 0 Å². The largest absolute Gasteiger partial charge is 0.378 e. The van der Waals surface area contributed by atoms with E-state index in [0.717, 1.165) is 19.3 Å². The molecule has 0 bridgehead atoms. The number of hydrogen-bond acceptors (Lipinski definition) is 4. The Morgan fingerprint density at radius 3 is 2.36 bits per heavy atom. The molecule has 1 saturated carbocycles. The first-order chi connectivity index (χ1) is 6.67. The molecule has 1 aliphatic rings. The zero-order chi connectivity index (χ0) is 10.6. The molecule has 1 rings (SSSR count). The number of carbonyl (C=O) groups is 1.